The van der Waals surface area contributed by atoms with Crippen molar-refractivity contribution in [1.29, 1.82) is 0 Å². The van der Waals surface area contributed by atoms with E-state index in [4.69, 9.17) is 5.73 Å². The number of thiophene rings is 1. The van der Waals surface area contributed by atoms with Gasteiger partial charge in [0.1, 0.15) is 5.69 Å². The van der Waals surface area contributed by atoms with Crippen LogP contribution < -0.4 is 5.73 Å². The number of nitrogen functional groups attached to an aromatic ring is 1. The Kier molecular flexibility index (Phi) is 2.68. The summed E-state index contributed by atoms with van der Waals surface area (Å²) in [5.74, 6) is 0.690. The van der Waals surface area contributed by atoms with E-state index in [1.165, 1.54) is 0 Å². The second kappa shape index (κ2) is 4.68. The van der Waals surface area contributed by atoms with Gasteiger partial charge in [0.15, 0.2) is 11.5 Å². The molecule has 4 rings (SSSR count). The number of anilines is 1. The second-order valence-electron chi connectivity index (χ2n) is 4.61. The third kappa shape index (κ3) is 2.05. The van der Waals surface area contributed by atoms with Crippen molar-refractivity contribution in [2.45, 2.75) is 0 Å². The smallest absolute Gasteiger partial charge is 0.185 e. The van der Waals surface area contributed by atoms with Gasteiger partial charge < -0.3 is 5.73 Å². The van der Waals surface area contributed by atoms with Crippen molar-refractivity contribution in [2.24, 2.45) is 0 Å². The van der Waals surface area contributed by atoms with Crippen molar-refractivity contribution in [1.82, 2.24) is 19.8 Å². The molecule has 4 aromatic rings. The Morgan fingerprint density at radius 1 is 1.00 bits per heavy atom. The molecule has 0 saturated heterocycles. The number of nitrogens with two attached hydrogens (primary N) is 1. The lowest BCUT2D eigenvalue weighted by Crippen LogP contribution is -1.97. The molecular weight excluding hydrogens is 282 g/mol. The maximum atomic E-state index is 5.84. The predicted octanol–water partition coefficient (Wildman–Crippen LogP) is 3.10. The zero-order valence-electron chi connectivity index (χ0n) is 11.0. The van der Waals surface area contributed by atoms with Crippen molar-refractivity contribution in [3.05, 3.63) is 53.9 Å². The van der Waals surface area contributed by atoms with Gasteiger partial charge in [0.2, 0.25) is 0 Å². The highest BCUT2D eigenvalue weighted by atomic mass is 32.1. The van der Waals surface area contributed by atoms with Gasteiger partial charge >= 0.3 is 0 Å². The van der Waals surface area contributed by atoms with E-state index in [9.17, 15) is 0 Å². The summed E-state index contributed by atoms with van der Waals surface area (Å²) in [6.07, 6.45) is 0. The van der Waals surface area contributed by atoms with E-state index in [0.717, 1.165) is 16.1 Å². The van der Waals surface area contributed by atoms with Crippen molar-refractivity contribution in [3.63, 3.8) is 0 Å². The lowest BCUT2D eigenvalue weighted by Gasteiger charge is -2.02. The SMILES string of the molecule is Nc1cccc(-c2nnc3ccc(-c4cccs4)nn23)c1. The van der Waals surface area contributed by atoms with Crippen molar-refractivity contribution >= 4 is 22.7 Å². The quantitative estimate of drug-likeness (QED) is 0.577. The summed E-state index contributed by atoms with van der Waals surface area (Å²) in [6.45, 7) is 0. The Morgan fingerprint density at radius 2 is 1.95 bits per heavy atom. The first-order chi connectivity index (χ1) is 10.3. The van der Waals surface area contributed by atoms with E-state index in [2.05, 4.69) is 15.3 Å². The van der Waals surface area contributed by atoms with Gasteiger partial charge in [0.05, 0.1) is 4.88 Å². The zero-order chi connectivity index (χ0) is 14.2. The maximum Gasteiger partial charge on any atom is 0.185 e. The number of hydrogen-bond donors (Lipinski definition) is 1. The van der Waals surface area contributed by atoms with Crippen LogP contribution in [-0.4, -0.2) is 19.8 Å². The molecule has 21 heavy (non-hydrogen) atoms. The summed E-state index contributed by atoms with van der Waals surface area (Å²) in [4.78, 5) is 1.11. The number of rotatable bonds is 2. The molecule has 5 nitrogen and oxygen atoms in total. The van der Waals surface area contributed by atoms with Crippen LogP contribution in [0.25, 0.3) is 27.6 Å². The Bertz CT molecular complexity index is 911. The average Bonchev–Trinajstić information content (AvgIpc) is 3.16. The van der Waals surface area contributed by atoms with Gasteiger partial charge in [-0.15, -0.1) is 21.5 Å². The Balaban J connectivity index is 1.92. The minimum Gasteiger partial charge on any atom is -0.399 e. The van der Waals surface area contributed by atoms with E-state index in [-0.39, 0.29) is 0 Å². The third-order valence-electron chi connectivity index (χ3n) is 3.18. The van der Waals surface area contributed by atoms with Gasteiger partial charge in [-0.3, -0.25) is 0 Å². The topological polar surface area (TPSA) is 69.1 Å². The van der Waals surface area contributed by atoms with Gasteiger partial charge in [-0.25, -0.2) is 0 Å². The molecule has 0 amide bonds. The molecule has 0 aliphatic rings. The molecule has 2 N–H and O–H groups in total. The number of aromatic nitrogens is 4. The fraction of sp³-hybridized carbons (Fsp3) is 0. The van der Waals surface area contributed by atoms with E-state index in [1.807, 2.05) is 53.9 Å². The highest BCUT2D eigenvalue weighted by molar-refractivity contribution is 7.13. The summed E-state index contributed by atoms with van der Waals surface area (Å²) in [7, 11) is 0. The molecule has 6 heteroatoms. The van der Waals surface area contributed by atoms with Crippen LogP contribution in [0.5, 0.6) is 0 Å². The number of nitrogens with zero attached hydrogens (tertiary/aromatic N) is 4. The summed E-state index contributed by atoms with van der Waals surface area (Å²) in [5.41, 5.74) is 9.05. The molecule has 0 saturated carbocycles. The molecular formula is C15H11N5S. The van der Waals surface area contributed by atoms with Gasteiger partial charge in [-0.05, 0) is 35.7 Å². The van der Waals surface area contributed by atoms with Crippen LogP contribution in [-0.2, 0) is 0 Å². The molecule has 0 bridgehead atoms. The van der Waals surface area contributed by atoms with E-state index < -0.39 is 0 Å². The largest absolute Gasteiger partial charge is 0.399 e. The van der Waals surface area contributed by atoms with Gasteiger partial charge in [-0.2, -0.15) is 9.61 Å². The van der Waals surface area contributed by atoms with Gasteiger partial charge in [0.25, 0.3) is 0 Å². The fourth-order valence-electron chi connectivity index (χ4n) is 2.20. The van der Waals surface area contributed by atoms with Gasteiger partial charge in [-0.1, -0.05) is 18.2 Å². The van der Waals surface area contributed by atoms with Crippen molar-refractivity contribution in [2.75, 3.05) is 5.73 Å². The highest BCUT2D eigenvalue weighted by Gasteiger charge is 2.11. The molecule has 102 valence electrons. The average molecular weight is 293 g/mol. The minimum absolute atomic E-state index is 0.690. The summed E-state index contributed by atoms with van der Waals surface area (Å²) in [6, 6.07) is 15.5. The molecule has 3 aromatic heterocycles. The molecule has 0 radical (unpaired) electrons. The molecule has 0 aliphatic heterocycles. The van der Waals surface area contributed by atoms with Crippen molar-refractivity contribution in [3.8, 4) is 22.0 Å². The Morgan fingerprint density at radius 3 is 2.76 bits per heavy atom. The number of hydrogen-bond acceptors (Lipinski definition) is 5. The van der Waals surface area contributed by atoms with Crippen LogP contribution in [0.3, 0.4) is 0 Å². The van der Waals surface area contributed by atoms with Crippen LogP contribution in [0.15, 0.2) is 53.9 Å². The summed E-state index contributed by atoms with van der Waals surface area (Å²) >= 11 is 1.65. The highest BCUT2D eigenvalue weighted by Crippen LogP contribution is 2.25. The van der Waals surface area contributed by atoms with Gasteiger partial charge in [0, 0.05) is 11.3 Å². The van der Waals surface area contributed by atoms with E-state index >= 15 is 0 Å². The summed E-state index contributed by atoms with van der Waals surface area (Å²) in [5, 5.41) is 15.1. The van der Waals surface area contributed by atoms with Crippen LogP contribution in [0.1, 0.15) is 0 Å². The lowest BCUT2D eigenvalue weighted by molar-refractivity contribution is 0.944. The maximum absolute atomic E-state index is 5.84. The first-order valence-corrected chi connectivity index (χ1v) is 7.31. The predicted molar refractivity (Wildman–Crippen MR) is 83.9 cm³/mol. The summed E-state index contributed by atoms with van der Waals surface area (Å²) < 4.78 is 1.75. The second-order valence-corrected chi connectivity index (χ2v) is 5.56. The zero-order valence-corrected chi connectivity index (χ0v) is 11.8. The minimum atomic E-state index is 0.690. The van der Waals surface area contributed by atoms with E-state index in [1.54, 1.807) is 15.9 Å². The van der Waals surface area contributed by atoms with Crippen LogP contribution in [0, 0.1) is 0 Å². The van der Waals surface area contributed by atoms with Crippen LogP contribution in [0.4, 0.5) is 5.69 Å². The first-order valence-electron chi connectivity index (χ1n) is 6.43. The Hall–Kier alpha value is -2.73. The van der Waals surface area contributed by atoms with Crippen molar-refractivity contribution < 1.29 is 0 Å². The number of fused-ring (bicyclic) bond motifs is 1. The number of benzene rings is 1. The molecule has 1 aromatic carbocycles. The standard InChI is InChI=1S/C15H11N5S/c16-11-4-1-3-10(9-11)15-18-17-14-7-6-12(19-20(14)15)13-5-2-8-21-13/h1-9H,16H2. The molecule has 0 aliphatic carbocycles. The Labute approximate surface area is 124 Å². The third-order valence-corrected chi connectivity index (χ3v) is 4.07. The first kappa shape index (κ1) is 12.0. The van der Waals surface area contributed by atoms with Crippen LogP contribution in [0.2, 0.25) is 0 Å². The lowest BCUT2D eigenvalue weighted by atomic mass is 10.2. The molecule has 0 atom stereocenters. The molecule has 0 unspecified atom stereocenters. The molecule has 0 fully saturated rings. The monoisotopic (exact) mass is 293 g/mol. The van der Waals surface area contributed by atoms with E-state index in [0.29, 0.717) is 17.2 Å². The van der Waals surface area contributed by atoms with Crippen LogP contribution >= 0.6 is 11.3 Å². The fourth-order valence-corrected chi connectivity index (χ4v) is 2.89. The molecule has 0 spiro atoms. The normalized spacial score (nSPS) is 11.0. The molecule has 3 heterocycles.